The molecule has 7 heteroatoms. The van der Waals surface area contributed by atoms with Gasteiger partial charge in [0.25, 0.3) is 0 Å². The molecule has 0 aromatic rings. The van der Waals surface area contributed by atoms with Gasteiger partial charge in [0.2, 0.25) is 0 Å². The average Bonchev–Trinajstić information content (AvgIpc) is 2.01. The number of hydrogen-bond donors (Lipinski definition) is 2. The van der Waals surface area contributed by atoms with Crippen molar-refractivity contribution in [2.75, 3.05) is 19.8 Å². The lowest BCUT2D eigenvalue weighted by atomic mass is 10.0. The number of ether oxygens (including phenoxy) is 1. The van der Waals surface area contributed by atoms with Crippen LogP contribution in [0.2, 0.25) is 0 Å². The minimum absolute atomic E-state index is 0.332. The van der Waals surface area contributed by atoms with Gasteiger partial charge in [0, 0.05) is 0 Å². The summed E-state index contributed by atoms with van der Waals surface area (Å²) in [6, 6.07) is 0. The second-order valence-corrected chi connectivity index (χ2v) is 3.28. The highest BCUT2D eigenvalue weighted by atomic mass is 19.4. The molecule has 2 N–H and O–H groups in total. The number of rotatable bonds is 6. The van der Waals surface area contributed by atoms with Gasteiger partial charge < -0.3 is 15.2 Å². The summed E-state index contributed by atoms with van der Waals surface area (Å²) in [7, 11) is 0. The first-order chi connectivity index (χ1) is 6.71. The van der Waals surface area contributed by atoms with E-state index < -0.39 is 30.9 Å². The highest BCUT2D eigenvalue weighted by Crippen LogP contribution is 2.15. The molecular weight excluding hydrogens is 215 g/mol. The summed E-state index contributed by atoms with van der Waals surface area (Å²) in [4.78, 5) is 10.7. The van der Waals surface area contributed by atoms with Crippen LogP contribution in [-0.4, -0.2) is 42.5 Å². The molecule has 0 heterocycles. The summed E-state index contributed by atoms with van der Waals surface area (Å²) in [5.41, 5.74) is -1.49. The third-order valence-electron chi connectivity index (χ3n) is 1.70. The Balaban J connectivity index is 4.14. The second kappa shape index (κ2) is 5.32. The van der Waals surface area contributed by atoms with Gasteiger partial charge >= 0.3 is 12.1 Å². The topological polar surface area (TPSA) is 58.6 Å². The lowest BCUT2D eigenvalue weighted by molar-refractivity contribution is -0.181. The predicted octanol–water partition coefficient (Wildman–Crippen LogP) is 1.02. The third kappa shape index (κ3) is 5.58. The average molecular weight is 229 g/mol. The van der Waals surface area contributed by atoms with Crippen molar-refractivity contribution in [3.8, 4) is 0 Å². The number of carbonyl (C=O) groups is 1. The van der Waals surface area contributed by atoms with Crippen LogP contribution in [-0.2, 0) is 9.53 Å². The molecule has 0 spiro atoms. The Kier molecular flexibility index (Phi) is 5.02. The van der Waals surface area contributed by atoms with Gasteiger partial charge in [-0.3, -0.25) is 4.79 Å². The Morgan fingerprint density at radius 1 is 1.40 bits per heavy atom. The molecule has 0 aliphatic rings. The maximum Gasteiger partial charge on any atom is 0.411 e. The van der Waals surface area contributed by atoms with Gasteiger partial charge in [0.15, 0.2) is 0 Å². The van der Waals surface area contributed by atoms with Crippen molar-refractivity contribution < 1.29 is 27.8 Å². The highest BCUT2D eigenvalue weighted by molar-refractivity contribution is 5.78. The van der Waals surface area contributed by atoms with Crippen molar-refractivity contribution >= 4 is 5.97 Å². The largest absolute Gasteiger partial charge is 0.480 e. The highest BCUT2D eigenvalue weighted by Gasteiger charge is 2.35. The number of alkyl halides is 3. The molecule has 4 nitrogen and oxygen atoms in total. The second-order valence-electron chi connectivity index (χ2n) is 3.28. The van der Waals surface area contributed by atoms with Gasteiger partial charge in [-0.05, 0) is 13.5 Å². The lowest BCUT2D eigenvalue weighted by Crippen LogP contribution is -2.53. The molecule has 0 aromatic heterocycles. The van der Waals surface area contributed by atoms with Crippen molar-refractivity contribution in [2.24, 2.45) is 0 Å². The van der Waals surface area contributed by atoms with Gasteiger partial charge in [-0.2, -0.15) is 13.2 Å². The lowest BCUT2D eigenvalue weighted by Gasteiger charge is -2.25. The molecule has 0 aromatic carbocycles. The maximum absolute atomic E-state index is 11.7. The van der Waals surface area contributed by atoms with Crippen molar-refractivity contribution in [2.45, 2.75) is 25.6 Å². The van der Waals surface area contributed by atoms with Crippen LogP contribution in [0.25, 0.3) is 0 Å². The molecule has 0 bridgehead atoms. The number of carboxylic acid groups (broad SMARTS) is 1. The summed E-state index contributed by atoms with van der Waals surface area (Å²) in [6.45, 7) is 1.29. The number of aliphatic carboxylic acids is 1. The molecule has 0 amide bonds. The van der Waals surface area contributed by atoms with E-state index in [1.54, 1.807) is 6.92 Å². The SMILES string of the molecule is CCNC(C)(COCC(F)(F)F)C(=O)O. The predicted molar refractivity (Wildman–Crippen MR) is 46.6 cm³/mol. The molecule has 0 rings (SSSR count). The van der Waals surface area contributed by atoms with Gasteiger partial charge in [0.1, 0.15) is 12.1 Å². The zero-order valence-corrected chi connectivity index (χ0v) is 8.52. The van der Waals surface area contributed by atoms with Crippen molar-refractivity contribution in [1.82, 2.24) is 5.32 Å². The molecule has 0 saturated carbocycles. The monoisotopic (exact) mass is 229 g/mol. The van der Waals surface area contributed by atoms with E-state index in [4.69, 9.17) is 5.11 Å². The maximum atomic E-state index is 11.7. The fraction of sp³-hybridized carbons (Fsp3) is 0.875. The zero-order chi connectivity index (χ0) is 12.1. The van der Waals surface area contributed by atoms with Crippen LogP contribution in [0.1, 0.15) is 13.8 Å². The van der Waals surface area contributed by atoms with Crippen LogP contribution >= 0.6 is 0 Å². The summed E-state index contributed by atoms with van der Waals surface area (Å²) in [5, 5.41) is 11.3. The number of carboxylic acids is 1. The first kappa shape index (κ1) is 14.2. The Hall–Kier alpha value is -0.820. The first-order valence-corrected chi connectivity index (χ1v) is 4.34. The van der Waals surface area contributed by atoms with E-state index in [9.17, 15) is 18.0 Å². The third-order valence-corrected chi connectivity index (χ3v) is 1.70. The van der Waals surface area contributed by atoms with E-state index in [2.05, 4.69) is 10.1 Å². The Morgan fingerprint density at radius 3 is 2.27 bits per heavy atom. The molecule has 0 aliphatic heterocycles. The molecular formula is C8H14F3NO3. The van der Waals surface area contributed by atoms with Crippen LogP contribution in [0.5, 0.6) is 0 Å². The van der Waals surface area contributed by atoms with Gasteiger partial charge in [-0.1, -0.05) is 6.92 Å². The Morgan fingerprint density at radius 2 is 1.93 bits per heavy atom. The van der Waals surface area contributed by atoms with E-state index in [0.29, 0.717) is 6.54 Å². The normalized spacial score (nSPS) is 16.1. The van der Waals surface area contributed by atoms with Crippen molar-refractivity contribution in [3.63, 3.8) is 0 Å². The van der Waals surface area contributed by atoms with Crippen LogP contribution in [0.3, 0.4) is 0 Å². The summed E-state index contributed by atoms with van der Waals surface area (Å²) >= 11 is 0. The summed E-state index contributed by atoms with van der Waals surface area (Å²) in [5.74, 6) is -1.24. The number of halogens is 3. The minimum atomic E-state index is -4.44. The minimum Gasteiger partial charge on any atom is -0.480 e. The van der Waals surface area contributed by atoms with Gasteiger partial charge in [-0.25, -0.2) is 0 Å². The van der Waals surface area contributed by atoms with Crippen LogP contribution < -0.4 is 5.32 Å². The Bertz CT molecular complexity index is 220. The van der Waals surface area contributed by atoms with Crippen molar-refractivity contribution in [3.05, 3.63) is 0 Å². The van der Waals surface area contributed by atoms with Gasteiger partial charge in [0.05, 0.1) is 6.61 Å². The first-order valence-electron chi connectivity index (χ1n) is 4.34. The molecule has 0 aliphatic carbocycles. The number of hydrogen-bond acceptors (Lipinski definition) is 3. The molecule has 0 fully saturated rings. The van der Waals surface area contributed by atoms with Crippen LogP contribution in [0, 0.1) is 0 Å². The number of nitrogens with one attached hydrogen (secondary N) is 1. The van der Waals surface area contributed by atoms with Gasteiger partial charge in [-0.15, -0.1) is 0 Å². The van der Waals surface area contributed by atoms with Crippen LogP contribution in [0.4, 0.5) is 13.2 Å². The standard InChI is InChI=1S/C8H14F3NO3/c1-3-12-7(2,6(13)14)4-15-5-8(9,10)11/h12H,3-5H2,1-2H3,(H,13,14). The summed E-state index contributed by atoms with van der Waals surface area (Å²) < 4.78 is 39.5. The van der Waals surface area contributed by atoms with E-state index in [-0.39, 0.29) is 0 Å². The molecule has 1 atom stereocenters. The molecule has 90 valence electrons. The summed E-state index contributed by atoms with van der Waals surface area (Å²) in [6.07, 6.45) is -4.44. The fourth-order valence-corrected chi connectivity index (χ4v) is 0.949. The molecule has 15 heavy (non-hydrogen) atoms. The van der Waals surface area contributed by atoms with E-state index >= 15 is 0 Å². The quantitative estimate of drug-likeness (QED) is 0.713. The van der Waals surface area contributed by atoms with E-state index in [1.807, 2.05) is 0 Å². The van der Waals surface area contributed by atoms with Crippen molar-refractivity contribution in [1.29, 1.82) is 0 Å². The zero-order valence-electron chi connectivity index (χ0n) is 8.52. The smallest absolute Gasteiger partial charge is 0.411 e. The molecule has 0 radical (unpaired) electrons. The molecule has 1 unspecified atom stereocenters. The fourth-order valence-electron chi connectivity index (χ4n) is 0.949. The van der Waals surface area contributed by atoms with E-state index in [0.717, 1.165) is 0 Å². The Labute approximate surface area is 85.4 Å². The van der Waals surface area contributed by atoms with Crippen LogP contribution in [0.15, 0.2) is 0 Å². The van der Waals surface area contributed by atoms with E-state index in [1.165, 1.54) is 6.92 Å². The number of likely N-dealkylation sites (N-methyl/N-ethyl adjacent to an activating group) is 1. The molecule has 0 saturated heterocycles.